The molecule has 0 amide bonds. The van der Waals surface area contributed by atoms with E-state index in [4.69, 9.17) is 4.74 Å². The van der Waals surface area contributed by atoms with Crippen molar-refractivity contribution >= 4 is 21.4 Å². The Morgan fingerprint density at radius 1 is 1.04 bits per heavy atom. The smallest absolute Gasteiger partial charge is 0.118 e. The van der Waals surface area contributed by atoms with Crippen LogP contribution in [0, 0.1) is 0 Å². The Kier molecular flexibility index (Phi) is 4.52. The van der Waals surface area contributed by atoms with Crippen LogP contribution in [0.25, 0.3) is 10.1 Å². The van der Waals surface area contributed by atoms with E-state index in [1.165, 1.54) is 21.2 Å². The number of nitrogens with one attached hydrogen (secondary N) is 1. The summed E-state index contributed by atoms with van der Waals surface area (Å²) < 4.78 is 6.70. The molecule has 0 saturated carbocycles. The lowest BCUT2D eigenvalue weighted by Gasteiger charge is -2.35. The van der Waals surface area contributed by atoms with Gasteiger partial charge < -0.3 is 10.1 Å². The SMILES string of the molecule is COc1ccc(C(c2csc3ccccc23)N2CCNCC2)cc1. The minimum atomic E-state index is 0.300. The van der Waals surface area contributed by atoms with Gasteiger partial charge in [-0.1, -0.05) is 30.3 Å². The van der Waals surface area contributed by atoms with E-state index >= 15 is 0 Å². The van der Waals surface area contributed by atoms with Crippen LogP contribution in [0.1, 0.15) is 17.2 Å². The summed E-state index contributed by atoms with van der Waals surface area (Å²) in [6, 6.07) is 17.6. The van der Waals surface area contributed by atoms with E-state index in [-0.39, 0.29) is 0 Å². The molecule has 1 N–H and O–H groups in total. The third-order valence-corrected chi connectivity index (χ3v) is 5.74. The van der Waals surface area contributed by atoms with Crippen molar-refractivity contribution in [3.8, 4) is 5.75 Å². The maximum Gasteiger partial charge on any atom is 0.118 e. The van der Waals surface area contributed by atoms with Gasteiger partial charge in [-0.15, -0.1) is 11.3 Å². The summed E-state index contributed by atoms with van der Waals surface area (Å²) in [4.78, 5) is 2.59. The summed E-state index contributed by atoms with van der Waals surface area (Å²) in [7, 11) is 1.72. The molecule has 0 bridgehead atoms. The van der Waals surface area contributed by atoms with Crippen LogP contribution in [-0.2, 0) is 0 Å². The van der Waals surface area contributed by atoms with E-state index < -0.39 is 0 Å². The number of benzene rings is 2. The first-order valence-corrected chi connectivity index (χ1v) is 9.29. The minimum Gasteiger partial charge on any atom is -0.497 e. The number of nitrogens with zero attached hydrogens (tertiary/aromatic N) is 1. The van der Waals surface area contributed by atoms with E-state index in [0.717, 1.165) is 31.9 Å². The number of hydrogen-bond donors (Lipinski definition) is 1. The number of ether oxygens (including phenoxy) is 1. The van der Waals surface area contributed by atoms with Crippen molar-refractivity contribution < 1.29 is 4.74 Å². The van der Waals surface area contributed by atoms with Gasteiger partial charge in [0.25, 0.3) is 0 Å². The molecule has 1 aliphatic rings. The maximum absolute atomic E-state index is 5.33. The molecule has 3 aromatic rings. The monoisotopic (exact) mass is 338 g/mol. The highest BCUT2D eigenvalue weighted by Gasteiger charge is 2.26. The van der Waals surface area contributed by atoms with Crippen LogP contribution in [0.2, 0.25) is 0 Å². The van der Waals surface area contributed by atoms with Crippen molar-refractivity contribution in [1.82, 2.24) is 10.2 Å². The van der Waals surface area contributed by atoms with Crippen LogP contribution in [0.15, 0.2) is 53.9 Å². The molecule has 1 saturated heterocycles. The molecule has 1 atom stereocenters. The normalized spacial score (nSPS) is 17.0. The van der Waals surface area contributed by atoms with Gasteiger partial charge in [-0.3, -0.25) is 4.90 Å². The third-order valence-electron chi connectivity index (χ3n) is 4.75. The molecule has 124 valence electrons. The number of methoxy groups -OCH3 is 1. The van der Waals surface area contributed by atoms with E-state index in [2.05, 4.69) is 64.1 Å². The van der Waals surface area contributed by atoms with Gasteiger partial charge >= 0.3 is 0 Å². The standard InChI is InChI=1S/C20H22N2OS/c1-23-16-8-6-15(7-9-16)20(22-12-10-21-11-13-22)18-14-24-19-5-3-2-4-17(18)19/h2-9,14,20-21H,10-13H2,1H3. The fraction of sp³-hybridized carbons (Fsp3) is 0.300. The Balaban J connectivity index is 1.79. The second kappa shape index (κ2) is 6.93. The third kappa shape index (κ3) is 2.93. The van der Waals surface area contributed by atoms with Gasteiger partial charge in [0.05, 0.1) is 13.2 Å². The molecule has 1 unspecified atom stereocenters. The topological polar surface area (TPSA) is 24.5 Å². The van der Waals surface area contributed by atoms with Gasteiger partial charge in [0.15, 0.2) is 0 Å². The molecule has 1 aliphatic heterocycles. The molecule has 2 heterocycles. The van der Waals surface area contributed by atoms with Crippen LogP contribution in [-0.4, -0.2) is 38.2 Å². The van der Waals surface area contributed by atoms with Crippen molar-refractivity contribution in [2.75, 3.05) is 33.3 Å². The Morgan fingerprint density at radius 2 is 1.79 bits per heavy atom. The molecule has 3 nitrogen and oxygen atoms in total. The molecule has 0 radical (unpaired) electrons. The van der Waals surface area contributed by atoms with Crippen molar-refractivity contribution in [1.29, 1.82) is 0 Å². The average molecular weight is 338 g/mol. The molecule has 24 heavy (non-hydrogen) atoms. The van der Waals surface area contributed by atoms with Crippen LogP contribution in [0.5, 0.6) is 5.75 Å². The predicted molar refractivity (Wildman–Crippen MR) is 101 cm³/mol. The van der Waals surface area contributed by atoms with Gasteiger partial charge in [-0.25, -0.2) is 0 Å². The van der Waals surface area contributed by atoms with Crippen LogP contribution in [0.3, 0.4) is 0 Å². The van der Waals surface area contributed by atoms with Gasteiger partial charge in [-0.05, 0) is 40.1 Å². The van der Waals surface area contributed by atoms with Crippen molar-refractivity contribution in [3.63, 3.8) is 0 Å². The average Bonchev–Trinajstić information content (AvgIpc) is 3.07. The summed E-state index contributed by atoms with van der Waals surface area (Å²) in [6.45, 7) is 4.24. The fourth-order valence-corrected chi connectivity index (χ4v) is 4.50. The summed E-state index contributed by atoms with van der Waals surface area (Å²) in [5.74, 6) is 0.910. The Labute approximate surface area is 146 Å². The highest BCUT2D eigenvalue weighted by molar-refractivity contribution is 7.17. The van der Waals surface area contributed by atoms with Gasteiger partial charge in [0.2, 0.25) is 0 Å². The first-order chi connectivity index (χ1) is 11.9. The number of piperazine rings is 1. The molecule has 0 spiro atoms. The first kappa shape index (κ1) is 15.6. The maximum atomic E-state index is 5.33. The number of thiophene rings is 1. The van der Waals surface area contributed by atoms with Crippen molar-refractivity contribution in [3.05, 3.63) is 65.0 Å². The van der Waals surface area contributed by atoms with Crippen LogP contribution >= 0.6 is 11.3 Å². The predicted octanol–water partition coefficient (Wildman–Crippen LogP) is 3.90. The zero-order chi connectivity index (χ0) is 16.4. The van der Waals surface area contributed by atoms with Crippen LogP contribution < -0.4 is 10.1 Å². The lowest BCUT2D eigenvalue weighted by atomic mass is 9.96. The zero-order valence-electron chi connectivity index (χ0n) is 13.9. The summed E-state index contributed by atoms with van der Waals surface area (Å²) in [6.07, 6.45) is 0. The molecule has 1 fully saturated rings. The highest BCUT2D eigenvalue weighted by atomic mass is 32.1. The van der Waals surface area contributed by atoms with E-state index in [9.17, 15) is 0 Å². The molecular weight excluding hydrogens is 316 g/mol. The summed E-state index contributed by atoms with van der Waals surface area (Å²) >= 11 is 1.84. The Hall–Kier alpha value is -1.88. The van der Waals surface area contributed by atoms with Gasteiger partial charge in [-0.2, -0.15) is 0 Å². The van der Waals surface area contributed by atoms with E-state index in [0.29, 0.717) is 6.04 Å². The molecular formula is C20H22N2OS. The fourth-order valence-electron chi connectivity index (χ4n) is 3.52. The van der Waals surface area contributed by atoms with Crippen LogP contribution in [0.4, 0.5) is 0 Å². The van der Waals surface area contributed by atoms with E-state index in [1.807, 2.05) is 11.3 Å². The Bertz CT molecular complexity index is 806. The number of hydrogen-bond acceptors (Lipinski definition) is 4. The highest BCUT2D eigenvalue weighted by Crippen LogP contribution is 2.37. The number of fused-ring (bicyclic) bond motifs is 1. The summed E-state index contributed by atoms with van der Waals surface area (Å²) in [5, 5.41) is 7.17. The zero-order valence-corrected chi connectivity index (χ0v) is 14.7. The lowest BCUT2D eigenvalue weighted by Crippen LogP contribution is -2.45. The number of rotatable bonds is 4. The molecule has 2 aromatic carbocycles. The summed E-state index contributed by atoms with van der Waals surface area (Å²) in [5.41, 5.74) is 2.75. The molecule has 0 aliphatic carbocycles. The minimum absolute atomic E-state index is 0.300. The second-order valence-electron chi connectivity index (χ2n) is 6.15. The van der Waals surface area contributed by atoms with Crippen molar-refractivity contribution in [2.45, 2.75) is 6.04 Å². The quantitative estimate of drug-likeness (QED) is 0.781. The molecule has 4 heteroatoms. The van der Waals surface area contributed by atoms with E-state index in [1.54, 1.807) is 7.11 Å². The molecule has 4 rings (SSSR count). The molecule has 1 aromatic heterocycles. The first-order valence-electron chi connectivity index (χ1n) is 8.41. The second-order valence-corrected chi connectivity index (χ2v) is 7.06. The van der Waals surface area contributed by atoms with Gasteiger partial charge in [0.1, 0.15) is 5.75 Å². The Morgan fingerprint density at radius 3 is 2.54 bits per heavy atom. The van der Waals surface area contributed by atoms with Gasteiger partial charge in [0, 0.05) is 30.9 Å². The van der Waals surface area contributed by atoms with Crippen molar-refractivity contribution in [2.24, 2.45) is 0 Å². The lowest BCUT2D eigenvalue weighted by molar-refractivity contribution is 0.199. The largest absolute Gasteiger partial charge is 0.497 e.